The SMILES string of the molecule is COc1cc(C=C2SC(=Nc3ccccc3)N(C)C2=O)cc(Cl)c1O. The highest BCUT2D eigenvalue weighted by Gasteiger charge is 2.30. The second-order valence-corrected chi connectivity index (χ2v) is 6.67. The second-order valence-electron chi connectivity index (χ2n) is 5.26. The molecule has 1 saturated heterocycles. The molecule has 1 aliphatic heterocycles. The quantitative estimate of drug-likeness (QED) is 0.814. The molecule has 2 aromatic carbocycles. The van der Waals surface area contributed by atoms with Gasteiger partial charge in [-0.25, -0.2) is 4.99 Å². The van der Waals surface area contributed by atoms with Crippen LogP contribution in [-0.4, -0.2) is 35.2 Å². The Labute approximate surface area is 154 Å². The molecule has 0 saturated carbocycles. The molecule has 0 bridgehead atoms. The van der Waals surface area contributed by atoms with Gasteiger partial charge in [-0.1, -0.05) is 29.8 Å². The lowest BCUT2D eigenvalue weighted by Crippen LogP contribution is -2.23. The maximum absolute atomic E-state index is 12.5. The van der Waals surface area contributed by atoms with Gasteiger partial charge in [0.2, 0.25) is 0 Å². The standard InChI is InChI=1S/C18H15ClN2O3S/c1-21-17(23)15(25-18(21)20-12-6-4-3-5-7-12)10-11-8-13(19)16(22)14(9-11)24-2/h3-10,22H,1-2H3. The monoisotopic (exact) mass is 374 g/mol. The van der Waals surface area contributed by atoms with Gasteiger partial charge < -0.3 is 9.84 Å². The number of phenols is 1. The molecule has 0 aromatic heterocycles. The largest absolute Gasteiger partial charge is 0.503 e. The van der Waals surface area contributed by atoms with Crippen molar-refractivity contribution in [1.29, 1.82) is 0 Å². The molecule has 1 fully saturated rings. The van der Waals surface area contributed by atoms with E-state index < -0.39 is 0 Å². The Morgan fingerprint density at radius 2 is 2.00 bits per heavy atom. The molecular formula is C18H15ClN2O3S. The Balaban J connectivity index is 1.94. The first-order valence-corrected chi connectivity index (χ1v) is 8.57. The van der Waals surface area contributed by atoms with Gasteiger partial charge in [0.15, 0.2) is 16.7 Å². The molecule has 0 radical (unpaired) electrons. The van der Waals surface area contributed by atoms with Crippen molar-refractivity contribution in [3.05, 3.63) is 58.0 Å². The summed E-state index contributed by atoms with van der Waals surface area (Å²) in [5, 5.41) is 10.6. The molecule has 0 unspecified atom stereocenters. The third kappa shape index (κ3) is 3.65. The molecule has 25 heavy (non-hydrogen) atoms. The summed E-state index contributed by atoms with van der Waals surface area (Å²) in [4.78, 5) is 19.0. The predicted octanol–water partition coefficient (Wildman–Crippen LogP) is 4.29. The lowest BCUT2D eigenvalue weighted by atomic mass is 10.2. The number of phenolic OH excluding ortho intramolecular Hbond substituents is 1. The van der Waals surface area contributed by atoms with Crippen molar-refractivity contribution < 1.29 is 14.6 Å². The summed E-state index contributed by atoms with van der Waals surface area (Å²) in [5.41, 5.74) is 1.44. The molecule has 128 valence electrons. The number of halogens is 1. The summed E-state index contributed by atoms with van der Waals surface area (Å²) in [6.45, 7) is 0. The molecule has 0 aliphatic carbocycles. The van der Waals surface area contributed by atoms with E-state index in [-0.39, 0.29) is 22.4 Å². The number of hydrogen-bond acceptors (Lipinski definition) is 5. The molecule has 5 nitrogen and oxygen atoms in total. The van der Waals surface area contributed by atoms with E-state index in [1.165, 1.54) is 23.8 Å². The molecule has 2 aromatic rings. The average molecular weight is 375 g/mol. The van der Waals surface area contributed by atoms with Gasteiger partial charge in [0, 0.05) is 7.05 Å². The van der Waals surface area contributed by atoms with Crippen LogP contribution in [-0.2, 0) is 4.79 Å². The maximum Gasteiger partial charge on any atom is 0.266 e. The Kier molecular flexibility index (Phi) is 5.01. The summed E-state index contributed by atoms with van der Waals surface area (Å²) in [5.74, 6) is -0.0238. The highest BCUT2D eigenvalue weighted by molar-refractivity contribution is 8.18. The van der Waals surface area contributed by atoms with Gasteiger partial charge in [0.1, 0.15) is 0 Å². The summed E-state index contributed by atoms with van der Waals surface area (Å²) < 4.78 is 5.09. The third-order valence-electron chi connectivity index (χ3n) is 3.55. The zero-order valence-corrected chi connectivity index (χ0v) is 15.1. The number of thioether (sulfide) groups is 1. The van der Waals surface area contributed by atoms with Gasteiger partial charge in [-0.3, -0.25) is 9.69 Å². The number of rotatable bonds is 3. The van der Waals surface area contributed by atoms with E-state index in [0.717, 1.165) is 5.69 Å². The van der Waals surface area contributed by atoms with Gasteiger partial charge >= 0.3 is 0 Å². The van der Waals surface area contributed by atoms with Crippen LogP contribution in [0.5, 0.6) is 11.5 Å². The summed E-state index contributed by atoms with van der Waals surface area (Å²) in [6, 6.07) is 12.6. The molecule has 3 rings (SSSR count). The fourth-order valence-electron chi connectivity index (χ4n) is 2.25. The number of aliphatic imine (C=N–C) groups is 1. The number of nitrogens with zero attached hydrogens (tertiary/aromatic N) is 2. The number of amidine groups is 1. The number of para-hydroxylation sites is 1. The molecular weight excluding hydrogens is 360 g/mol. The van der Waals surface area contributed by atoms with E-state index in [4.69, 9.17) is 16.3 Å². The second kappa shape index (κ2) is 7.21. The predicted molar refractivity (Wildman–Crippen MR) is 102 cm³/mol. The van der Waals surface area contributed by atoms with Gasteiger partial charge in [-0.05, 0) is 47.7 Å². The first-order valence-electron chi connectivity index (χ1n) is 7.37. The van der Waals surface area contributed by atoms with Crippen molar-refractivity contribution >= 4 is 46.2 Å². The summed E-state index contributed by atoms with van der Waals surface area (Å²) in [6.07, 6.45) is 1.70. The van der Waals surface area contributed by atoms with Crippen LogP contribution in [0.25, 0.3) is 6.08 Å². The number of ether oxygens (including phenoxy) is 1. The minimum Gasteiger partial charge on any atom is -0.503 e. The van der Waals surface area contributed by atoms with Gasteiger partial charge in [-0.15, -0.1) is 0 Å². The number of carbonyl (C=O) groups is 1. The minimum atomic E-state index is -0.150. The van der Waals surface area contributed by atoms with Crippen LogP contribution in [0.15, 0.2) is 52.4 Å². The van der Waals surface area contributed by atoms with Crippen molar-refractivity contribution in [2.75, 3.05) is 14.2 Å². The number of benzene rings is 2. The van der Waals surface area contributed by atoms with Crippen LogP contribution in [0, 0.1) is 0 Å². The van der Waals surface area contributed by atoms with E-state index in [2.05, 4.69) is 4.99 Å². The van der Waals surface area contributed by atoms with E-state index in [9.17, 15) is 9.90 Å². The highest BCUT2D eigenvalue weighted by atomic mass is 35.5. The van der Waals surface area contributed by atoms with Crippen LogP contribution in [0.2, 0.25) is 5.02 Å². The third-order valence-corrected chi connectivity index (χ3v) is 4.90. The Bertz CT molecular complexity index is 881. The highest BCUT2D eigenvalue weighted by Crippen LogP contribution is 2.38. The molecule has 1 N–H and O–H groups in total. The molecule has 1 amide bonds. The summed E-state index contributed by atoms with van der Waals surface area (Å²) >= 11 is 7.28. The van der Waals surface area contributed by atoms with E-state index in [0.29, 0.717) is 15.6 Å². The minimum absolute atomic E-state index is 0.125. The van der Waals surface area contributed by atoms with Crippen molar-refractivity contribution in [1.82, 2.24) is 4.90 Å². The first-order chi connectivity index (χ1) is 12.0. The fraction of sp³-hybridized carbons (Fsp3) is 0.111. The van der Waals surface area contributed by atoms with Crippen LogP contribution in [0.4, 0.5) is 5.69 Å². The van der Waals surface area contributed by atoms with Crippen LogP contribution in [0.1, 0.15) is 5.56 Å². The van der Waals surface area contributed by atoms with Crippen molar-refractivity contribution in [3.8, 4) is 11.5 Å². The number of carbonyl (C=O) groups excluding carboxylic acids is 1. The van der Waals surface area contributed by atoms with Crippen molar-refractivity contribution in [2.24, 2.45) is 4.99 Å². The molecule has 0 spiro atoms. The number of methoxy groups -OCH3 is 1. The van der Waals surface area contributed by atoms with Crippen LogP contribution < -0.4 is 4.74 Å². The Hall–Kier alpha value is -2.44. The number of hydrogen-bond donors (Lipinski definition) is 1. The van der Waals surface area contributed by atoms with Gasteiger partial charge in [0.25, 0.3) is 5.91 Å². The molecule has 1 aliphatic rings. The maximum atomic E-state index is 12.5. The van der Waals surface area contributed by atoms with E-state index in [1.54, 1.807) is 25.3 Å². The normalized spacial score (nSPS) is 17.6. The van der Waals surface area contributed by atoms with Crippen molar-refractivity contribution in [3.63, 3.8) is 0 Å². The molecule has 0 atom stereocenters. The summed E-state index contributed by atoms with van der Waals surface area (Å²) in [7, 11) is 3.12. The lowest BCUT2D eigenvalue weighted by Gasteiger charge is -2.07. The number of amides is 1. The van der Waals surface area contributed by atoms with E-state index in [1.807, 2.05) is 30.3 Å². The van der Waals surface area contributed by atoms with Gasteiger partial charge in [0.05, 0.1) is 22.7 Å². The average Bonchev–Trinajstić information content (AvgIpc) is 2.87. The fourth-order valence-corrected chi connectivity index (χ4v) is 3.45. The smallest absolute Gasteiger partial charge is 0.266 e. The number of likely N-dealkylation sites (N-methyl/N-ethyl adjacent to an activating group) is 1. The topological polar surface area (TPSA) is 62.1 Å². The Morgan fingerprint density at radius 1 is 1.28 bits per heavy atom. The molecule has 7 heteroatoms. The van der Waals surface area contributed by atoms with Crippen LogP contribution in [0.3, 0.4) is 0 Å². The molecule has 1 heterocycles. The van der Waals surface area contributed by atoms with Gasteiger partial charge in [-0.2, -0.15) is 0 Å². The lowest BCUT2D eigenvalue weighted by molar-refractivity contribution is -0.121. The van der Waals surface area contributed by atoms with Crippen molar-refractivity contribution in [2.45, 2.75) is 0 Å². The zero-order valence-electron chi connectivity index (χ0n) is 13.6. The first kappa shape index (κ1) is 17.4. The van der Waals surface area contributed by atoms with E-state index >= 15 is 0 Å². The van der Waals surface area contributed by atoms with Crippen LogP contribution >= 0.6 is 23.4 Å². The zero-order chi connectivity index (χ0) is 18.0. The number of aromatic hydroxyl groups is 1. The Morgan fingerprint density at radius 3 is 2.68 bits per heavy atom.